The van der Waals surface area contributed by atoms with Crippen LogP contribution in [0.5, 0.6) is 0 Å². The Morgan fingerprint density at radius 3 is 2.50 bits per heavy atom. The first kappa shape index (κ1) is 16.2. The molecule has 0 aliphatic rings. The predicted octanol–water partition coefficient (Wildman–Crippen LogP) is 1.20. The van der Waals surface area contributed by atoms with E-state index < -0.39 is 0 Å². The molecule has 0 bridgehead atoms. The first-order valence-electron chi connectivity index (χ1n) is 7.50. The Morgan fingerprint density at radius 1 is 1.09 bits per heavy atom. The van der Waals surface area contributed by atoms with Gasteiger partial charge in [-0.05, 0) is 18.1 Å². The van der Waals surface area contributed by atoms with E-state index in [1.807, 2.05) is 43.4 Å². The van der Waals surface area contributed by atoms with Gasteiger partial charge in [0.25, 0.3) is 5.91 Å². The van der Waals surface area contributed by atoms with Crippen LogP contribution in [0.2, 0.25) is 0 Å². The van der Waals surface area contributed by atoms with Crippen LogP contribution >= 0.6 is 0 Å². The Morgan fingerprint density at radius 2 is 1.77 bits per heavy atom. The van der Waals surface area contributed by atoms with Gasteiger partial charge in [-0.25, -0.2) is 4.39 Å². The lowest BCUT2D eigenvalue weighted by Crippen LogP contribution is -3.09. The second kappa shape index (κ2) is 8.29. The number of amides is 1. The molecule has 1 amide bonds. The van der Waals surface area contributed by atoms with Gasteiger partial charge in [-0.1, -0.05) is 48.5 Å². The van der Waals surface area contributed by atoms with Crippen LogP contribution in [0.3, 0.4) is 0 Å². The van der Waals surface area contributed by atoms with Crippen LogP contribution in [-0.2, 0) is 17.8 Å². The maximum atomic E-state index is 13.6. The molecule has 0 aliphatic heterocycles. The second-order valence-corrected chi connectivity index (χ2v) is 5.49. The fourth-order valence-electron chi connectivity index (χ4n) is 2.36. The summed E-state index contributed by atoms with van der Waals surface area (Å²) in [4.78, 5) is 12.9. The first-order chi connectivity index (χ1) is 10.6. The number of halogens is 1. The smallest absolute Gasteiger partial charge is 0.275 e. The third-order valence-corrected chi connectivity index (χ3v) is 3.49. The van der Waals surface area contributed by atoms with E-state index in [4.69, 9.17) is 0 Å². The highest BCUT2D eigenvalue weighted by atomic mass is 19.1. The summed E-state index contributed by atoms with van der Waals surface area (Å²) < 4.78 is 13.6. The number of carbonyl (C=O) groups excluding carboxylic acids is 1. The molecule has 0 radical (unpaired) electrons. The summed E-state index contributed by atoms with van der Waals surface area (Å²) in [6.07, 6.45) is 0.818. The minimum atomic E-state index is -0.216. The summed E-state index contributed by atoms with van der Waals surface area (Å²) in [6, 6.07) is 16.7. The van der Waals surface area contributed by atoms with Gasteiger partial charge in [0, 0.05) is 12.1 Å². The Balaban J connectivity index is 1.71. The fourth-order valence-corrected chi connectivity index (χ4v) is 2.36. The van der Waals surface area contributed by atoms with Crippen LogP contribution < -0.4 is 10.2 Å². The summed E-state index contributed by atoms with van der Waals surface area (Å²) in [5, 5.41) is 2.91. The molecule has 0 aliphatic carbocycles. The van der Waals surface area contributed by atoms with Crippen LogP contribution in [0, 0.1) is 5.82 Å². The molecule has 2 aromatic carbocycles. The van der Waals surface area contributed by atoms with Crippen molar-refractivity contribution in [2.45, 2.75) is 13.0 Å². The van der Waals surface area contributed by atoms with Crippen molar-refractivity contribution in [1.82, 2.24) is 5.32 Å². The maximum absolute atomic E-state index is 13.6. The Labute approximate surface area is 130 Å². The molecule has 2 rings (SSSR count). The number of quaternary nitrogens is 1. The molecular formula is C18H22FN2O+. The molecule has 0 fully saturated rings. The van der Waals surface area contributed by atoms with E-state index in [-0.39, 0.29) is 11.7 Å². The predicted molar refractivity (Wildman–Crippen MR) is 85.0 cm³/mol. The van der Waals surface area contributed by atoms with Crippen LogP contribution in [0.25, 0.3) is 0 Å². The number of likely N-dealkylation sites (N-methyl/N-ethyl adjacent to an activating group) is 1. The Hall–Kier alpha value is -2.20. The van der Waals surface area contributed by atoms with Crippen molar-refractivity contribution in [1.29, 1.82) is 0 Å². The number of nitrogens with one attached hydrogen (secondary N) is 2. The average molecular weight is 301 g/mol. The van der Waals surface area contributed by atoms with Crippen molar-refractivity contribution in [2.24, 2.45) is 0 Å². The lowest BCUT2D eigenvalue weighted by molar-refractivity contribution is -0.885. The summed E-state index contributed by atoms with van der Waals surface area (Å²) >= 11 is 0. The molecule has 1 atom stereocenters. The van der Waals surface area contributed by atoms with Crippen molar-refractivity contribution >= 4 is 5.91 Å². The molecule has 2 N–H and O–H groups in total. The van der Waals surface area contributed by atoms with E-state index in [9.17, 15) is 9.18 Å². The summed E-state index contributed by atoms with van der Waals surface area (Å²) in [5.41, 5.74) is 1.84. The molecule has 4 heteroatoms. The molecule has 1 unspecified atom stereocenters. The van der Waals surface area contributed by atoms with E-state index in [1.54, 1.807) is 12.1 Å². The minimum absolute atomic E-state index is 0.00947. The Kier molecular flexibility index (Phi) is 6.10. The van der Waals surface area contributed by atoms with E-state index in [0.29, 0.717) is 25.2 Å². The van der Waals surface area contributed by atoms with Gasteiger partial charge in [0.1, 0.15) is 12.4 Å². The third kappa shape index (κ3) is 5.30. The van der Waals surface area contributed by atoms with Gasteiger partial charge in [0.2, 0.25) is 0 Å². The summed E-state index contributed by atoms with van der Waals surface area (Å²) in [7, 11) is 1.89. The number of carbonyl (C=O) groups is 1. The van der Waals surface area contributed by atoms with Crippen molar-refractivity contribution < 1.29 is 14.1 Å². The van der Waals surface area contributed by atoms with Crippen LogP contribution in [0.4, 0.5) is 4.39 Å². The lowest BCUT2D eigenvalue weighted by Gasteiger charge is -2.14. The number of hydrogen-bond donors (Lipinski definition) is 2. The van der Waals surface area contributed by atoms with Gasteiger partial charge in [-0.15, -0.1) is 0 Å². The van der Waals surface area contributed by atoms with Crippen LogP contribution in [0.15, 0.2) is 54.6 Å². The zero-order valence-corrected chi connectivity index (χ0v) is 12.8. The highest BCUT2D eigenvalue weighted by molar-refractivity contribution is 5.76. The zero-order valence-electron chi connectivity index (χ0n) is 12.8. The minimum Gasteiger partial charge on any atom is -0.351 e. The van der Waals surface area contributed by atoms with Gasteiger partial charge >= 0.3 is 0 Å². The molecule has 2 aromatic rings. The van der Waals surface area contributed by atoms with Crippen LogP contribution in [0.1, 0.15) is 11.1 Å². The molecule has 116 valence electrons. The largest absolute Gasteiger partial charge is 0.351 e. The number of rotatable bonds is 7. The van der Waals surface area contributed by atoms with Gasteiger partial charge in [-0.3, -0.25) is 4.79 Å². The molecular weight excluding hydrogens is 279 g/mol. The van der Waals surface area contributed by atoms with Crippen molar-refractivity contribution in [3.05, 3.63) is 71.5 Å². The number of benzene rings is 2. The normalized spacial score (nSPS) is 11.9. The Bertz CT molecular complexity index is 601. The third-order valence-electron chi connectivity index (χ3n) is 3.49. The molecule has 0 spiro atoms. The molecule has 22 heavy (non-hydrogen) atoms. The standard InChI is InChI=1S/C18H21FN2O/c1-21(13-16-9-5-6-10-17(16)19)14-18(22)20-12-11-15-7-3-2-4-8-15/h2-10H,11-14H2,1H3,(H,20,22)/p+1. The lowest BCUT2D eigenvalue weighted by atomic mass is 10.1. The highest BCUT2D eigenvalue weighted by Gasteiger charge is 2.12. The topological polar surface area (TPSA) is 33.5 Å². The van der Waals surface area contributed by atoms with E-state index in [1.165, 1.54) is 11.6 Å². The maximum Gasteiger partial charge on any atom is 0.275 e. The number of hydrogen-bond acceptors (Lipinski definition) is 1. The average Bonchev–Trinajstić information content (AvgIpc) is 2.50. The molecule has 3 nitrogen and oxygen atoms in total. The van der Waals surface area contributed by atoms with E-state index in [2.05, 4.69) is 5.32 Å². The molecule has 0 saturated heterocycles. The molecule has 0 aromatic heterocycles. The van der Waals surface area contributed by atoms with Gasteiger partial charge in [-0.2, -0.15) is 0 Å². The van der Waals surface area contributed by atoms with E-state index in [0.717, 1.165) is 11.3 Å². The monoisotopic (exact) mass is 301 g/mol. The van der Waals surface area contributed by atoms with Crippen molar-refractivity contribution in [2.75, 3.05) is 20.1 Å². The molecule has 0 saturated carbocycles. The van der Waals surface area contributed by atoms with E-state index >= 15 is 0 Å². The zero-order chi connectivity index (χ0) is 15.8. The quantitative estimate of drug-likeness (QED) is 0.792. The van der Waals surface area contributed by atoms with Crippen molar-refractivity contribution in [3.63, 3.8) is 0 Å². The van der Waals surface area contributed by atoms with Gasteiger partial charge in [0.05, 0.1) is 7.05 Å². The fraction of sp³-hybridized carbons (Fsp3) is 0.278. The first-order valence-corrected chi connectivity index (χ1v) is 7.50. The van der Waals surface area contributed by atoms with Crippen molar-refractivity contribution in [3.8, 4) is 0 Å². The molecule has 0 heterocycles. The van der Waals surface area contributed by atoms with Gasteiger partial charge < -0.3 is 10.2 Å². The van der Waals surface area contributed by atoms with Crippen LogP contribution in [-0.4, -0.2) is 26.0 Å². The summed E-state index contributed by atoms with van der Waals surface area (Å²) in [5.74, 6) is -0.226. The second-order valence-electron chi connectivity index (χ2n) is 5.49. The highest BCUT2D eigenvalue weighted by Crippen LogP contribution is 2.03. The SMILES string of the molecule is C[NH+](CC(=O)NCCc1ccccc1)Cc1ccccc1F. The summed E-state index contributed by atoms with van der Waals surface area (Å²) in [6.45, 7) is 1.46. The van der Waals surface area contributed by atoms with Gasteiger partial charge in [0.15, 0.2) is 6.54 Å².